The number of hydrogen-bond acceptors (Lipinski definition) is 4. The van der Waals surface area contributed by atoms with Gasteiger partial charge in [-0.1, -0.05) is 18.2 Å². The summed E-state index contributed by atoms with van der Waals surface area (Å²) in [5.41, 5.74) is -4.87. The molecule has 1 aliphatic heterocycles. The Kier molecular flexibility index (Phi) is 4.78. The van der Waals surface area contributed by atoms with Crippen molar-refractivity contribution in [2.75, 3.05) is 13.1 Å². The van der Waals surface area contributed by atoms with Crippen LogP contribution in [0.3, 0.4) is 0 Å². The fraction of sp³-hybridized carbons (Fsp3) is 0.400. The largest absolute Gasteiger partial charge is 0.511 e. The number of amides is 1. The summed E-state index contributed by atoms with van der Waals surface area (Å²) < 4.78 is 62.1. The number of hydrogen-bond donors (Lipinski definition) is 1. The van der Waals surface area contributed by atoms with Crippen LogP contribution in [0.25, 0.3) is 10.1 Å². The number of rotatable bonds is 4. The van der Waals surface area contributed by atoms with Crippen LogP contribution in [0.4, 0.5) is 13.2 Å². The number of fused-ring (bicyclic) bond motifs is 1. The lowest BCUT2D eigenvalue weighted by molar-refractivity contribution is -0.0448. The normalized spacial score (nSPS) is 18.8. The molecule has 1 fully saturated rings. The van der Waals surface area contributed by atoms with Gasteiger partial charge in [0.25, 0.3) is 5.91 Å². The summed E-state index contributed by atoms with van der Waals surface area (Å²) in [5.74, 6) is -0.286. The Balaban J connectivity index is 1.77. The molecule has 0 radical (unpaired) electrons. The van der Waals surface area contributed by atoms with Crippen molar-refractivity contribution in [3.05, 3.63) is 35.2 Å². The Morgan fingerprint density at radius 2 is 2.04 bits per heavy atom. The third-order valence-corrected chi connectivity index (χ3v) is 6.28. The number of thiophene rings is 1. The summed E-state index contributed by atoms with van der Waals surface area (Å²) in [7, 11) is -5.41. The second-order valence-electron chi connectivity index (χ2n) is 5.74. The third kappa shape index (κ3) is 3.51. The number of benzene rings is 1. The van der Waals surface area contributed by atoms with Gasteiger partial charge in [-0.05, 0) is 18.9 Å². The molecule has 0 spiro atoms. The smallest absolute Gasteiger partial charge is 0.334 e. The molecule has 1 aromatic carbocycles. The van der Waals surface area contributed by atoms with E-state index in [4.69, 9.17) is 0 Å². The Morgan fingerprint density at radius 1 is 1.32 bits per heavy atom. The van der Waals surface area contributed by atoms with Crippen molar-refractivity contribution in [1.29, 1.82) is 0 Å². The van der Waals surface area contributed by atoms with Gasteiger partial charge in [-0.2, -0.15) is 13.2 Å². The maximum absolute atomic E-state index is 12.8. The molecule has 1 aromatic heterocycles. The first-order chi connectivity index (χ1) is 11.7. The number of alkyl halides is 3. The molecule has 1 atom stereocenters. The van der Waals surface area contributed by atoms with Gasteiger partial charge in [-0.25, -0.2) is 13.1 Å². The van der Waals surface area contributed by atoms with Gasteiger partial charge in [0, 0.05) is 34.6 Å². The molecule has 10 heteroatoms. The summed E-state index contributed by atoms with van der Waals surface area (Å²) in [5, 5.41) is 2.52. The van der Waals surface area contributed by atoms with Crippen LogP contribution >= 0.6 is 11.3 Å². The topological polar surface area (TPSA) is 66.5 Å². The van der Waals surface area contributed by atoms with Crippen molar-refractivity contribution in [3.63, 3.8) is 0 Å². The number of sulfonamides is 1. The van der Waals surface area contributed by atoms with E-state index in [9.17, 15) is 26.4 Å². The molecule has 2 heterocycles. The number of halogens is 3. The molecule has 0 unspecified atom stereocenters. The zero-order valence-electron chi connectivity index (χ0n) is 12.9. The number of likely N-dealkylation sites (tertiary alicyclic amines) is 1. The quantitative estimate of drug-likeness (QED) is 0.870. The number of carbonyl (C=O) groups excluding carboxylic acids is 1. The van der Waals surface area contributed by atoms with Crippen LogP contribution in [0.1, 0.15) is 23.2 Å². The lowest BCUT2D eigenvalue weighted by Crippen LogP contribution is -2.46. The van der Waals surface area contributed by atoms with Crippen LogP contribution in [0, 0.1) is 0 Å². The number of nitrogens with one attached hydrogen (secondary N) is 1. The Morgan fingerprint density at radius 3 is 2.76 bits per heavy atom. The van der Waals surface area contributed by atoms with Crippen molar-refractivity contribution in [1.82, 2.24) is 9.62 Å². The SMILES string of the molecule is O=C(c1csc2ccccc12)N1CCC[C@H]1CNS(=O)(=O)C(F)(F)F. The Bertz CT molecular complexity index is 893. The van der Waals surface area contributed by atoms with E-state index >= 15 is 0 Å². The first kappa shape index (κ1) is 18.2. The zero-order valence-corrected chi connectivity index (χ0v) is 14.5. The lowest BCUT2D eigenvalue weighted by atomic mass is 10.1. The molecule has 3 rings (SSSR count). The molecule has 5 nitrogen and oxygen atoms in total. The zero-order chi connectivity index (χ0) is 18.2. The highest BCUT2D eigenvalue weighted by Crippen LogP contribution is 2.29. The van der Waals surface area contributed by atoms with E-state index in [0.29, 0.717) is 24.9 Å². The summed E-state index contributed by atoms with van der Waals surface area (Å²) in [6.07, 6.45) is 1.07. The summed E-state index contributed by atoms with van der Waals surface area (Å²) >= 11 is 1.42. The Hall–Kier alpha value is -1.65. The van der Waals surface area contributed by atoms with Gasteiger partial charge in [0.2, 0.25) is 0 Å². The maximum atomic E-state index is 12.8. The molecule has 136 valence electrons. The van der Waals surface area contributed by atoms with E-state index in [2.05, 4.69) is 0 Å². The first-order valence-corrected chi connectivity index (χ1v) is 9.90. The summed E-state index contributed by atoms with van der Waals surface area (Å²) in [6.45, 7) is -0.0585. The lowest BCUT2D eigenvalue weighted by Gasteiger charge is -2.25. The molecule has 1 aliphatic rings. The maximum Gasteiger partial charge on any atom is 0.511 e. The highest BCUT2D eigenvalue weighted by Gasteiger charge is 2.46. The van der Waals surface area contributed by atoms with E-state index in [-0.39, 0.29) is 5.91 Å². The molecule has 2 aromatic rings. The van der Waals surface area contributed by atoms with Gasteiger partial charge in [-0.3, -0.25) is 4.79 Å². The second kappa shape index (κ2) is 6.58. The van der Waals surface area contributed by atoms with Crippen molar-refractivity contribution >= 4 is 37.4 Å². The molecular weight excluding hydrogens is 377 g/mol. The van der Waals surface area contributed by atoms with Crippen LogP contribution in [-0.2, 0) is 10.0 Å². The van der Waals surface area contributed by atoms with E-state index < -0.39 is 28.1 Å². The van der Waals surface area contributed by atoms with Gasteiger partial charge in [0.15, 0.2) is 0 Å². The monoisotopic (exact) mass is 392 g/mol. The van der Waals surface area contributed by atoms with Gasteiger partial charge in [-0.15, -0.1) is 11.3 Å². The van der Waals surface area contributed by atoms with Gasteiger partial charge in [0.1, 0.15) is 0 Å². The second-order valence-corrected chi connectivity index (χ2v) is 8.41. The minimum absolute atomic E-state index is 0.286. The molecule has 1 amide bonds. The van der Waals surface area contributed by atoms with Crippen LogP contribution in [0.15, 0.2) is 29.6 Å². The number of nitrogens with zero attached hydrogens (tertiary/aromatic N) is 1. The highest BCUT2D eigenvalue weighted by molar-refractivity contribution is 7.90. The molecule has 1 N–H and O–H groups in total. The van der Waals surface area contributed by atoms with Gasteiger partial charge in [0.05, 0.1) is 5.56 Å². The van der Waals surface area contributed by atoms with Gasteiger partial charge < -0.3 is 4.90 Å². The fourth-order valence-corrected chi connectivity index (χ4v) is 4.41. The predicted octanol–water partition coefficient (Wildman–Crippen LogP) is 2.95. The minimum Gasteiger partial charge on any atom is -0.334 e. The molecule has 1 saturated heterocycles. The summed E-state index contributed by atoms with van der Waals surface area (Å²) in [4.78, 5) is 14.2. The van der Waals surface area contributed by atoms with E-state index in [0.717, 1.165) is 10.1 Å². The molecule has 0 bridgehead atoms. The van der Waals surface area contributed by atoms with Crippen LogP contribution in [0.2, 0.25) is 0 Å². The standard InChI is InChI=1S/C15H15F3N2O3S2/c16-15(17,18)25(22,23)19-8-10-4-3-7-20(10)14(21)12-9-24-13-6-2-1-5-11(12)13/h1-2,5-6,9-10,19H,3-4,7-8H2/t10-/m0/s1. The van der Waals surface area contributed by atoms with Crippen LogP contribution in [0.5, 0.6) is 0 Å². The van der Waals surface area contributed by atoms with E-state index in [1.165, 1.54) is 16.2 Å². The Labute approximate surface area is 146 Å². The number of carbonyl (C=O) groups is 1. The third-order valence-electron chi connectivity index (χ3n) is 4.16. The molecular formula is C15H15F3N2O3S2. The van der Waals surface area contributed by atoms with Crippen LogP contribution < -0.4 is 4.72 Å². The van der Waals surface area contributed by atoms with Gasteiger partial charge >= 0.3 is 15.5 Å². The minimum atomic E-state index is -5.41. The van der Waals surface area contributed by atoms with Crippen molar-refractivity contribution in [3.8, 4) is 0 Å². The molecule has 0 saturated carbocycles. The van der Waals surface area contributed by atoms with E-state index in [1.807, 2.05) is 24.3 Å². The highest BCUT2D eigenvalue weighted by atomic mass is 32.2. The van der Waals surface area contributed by atoms with E-state index in [1.54, 1.807) is 10.1 Å². The average Bonchev–Trinajstić information content (AvgIpc) is 3.18. The molecule has 25 heavy (non-hydrogen) atoms. The predicted molar refractivity (Wildman–Crippen MR) is 88.9 cm³/mol. The summed E-state index contributed by atoms with van der Waals surface area (Å²) in [6, 6.07) is 6.78. The van der Waals surface area contributed by atoms with Crippen molar-refractivity contribution < 1.29 is 26.4 Å². The fourth-order valence-electron chi connectivity index (χ4n) is 2.90. The van der Waals surface area contributed by atoms with Crippen LogP contribution in [-0.4, -0.2) is 43.9 Å². The first-order valence-electron chi connectivity index (χ1n) is 7.54. The molecule has 0 aliphatic carbocycles. The van der Waals surface area contributed by atoms with Crippen molar-refractivity contribution in [2.24, 2.45) is 0 Å². The average molecular weight is 392 g/mol. The van der Waals surface area contributed by atoms with Crippen molar-refractivity contribution in [2.45, 2.75) is 24.4 Å².